The van der Waals surface area contributed by atoms with E-state index in [0.29, 0.717) is 12.1 Å². The van der Waals surface area contributed by atoms with E-state index in [2.05, 4.69) is 15.3 Å². The van der Waals surface area contributed by atoms with Crippen molar-refractivity contribution in [3.63, 3.8) is 0 Å². The summed E-state index contributed by atoms with van der Waals surface area (Å²) < 4.78 is 0. The van der Waals surface area contributed by atoms with Gasteiger partial charge in [-0.15, -0.1) is 12.4 Å². The van der Waals surface area contributed by atoms with E-state index in [1.807, 2.05) is 18.5 Å². The van der Waals surface area contributed by atoms with Crippen LogP contribution in [0.25, 0.3) is 0 Å². The Morgan fingerprint density at radius 1 is 1.29 bits per heavy atom. The number of aromatic amines is 1. The number of rotatable bonds is 4. The number of hydrogen-bond donors (Lipinski definition) is 2. The molecule has 0 unspecified atom stereocenters. The average Bonchev–Trinajstić information content (AvgIpc) is 2.83. The standard InChI is InChI=1S/C12H13N3O.ClH/c16-12(11-3-6-13-7-4-11)15-8-2-10-1-5-14-9-10;/h1,3-7,9,14H,2,8H2,(H,15,16);1H. The van der Waals surface area contributed by atoms with Crippen molar-refractivity contribution < 1.29 is 4.79 Å². The number of carbonyl (C=O) groups excluding carboxylic acids is 1. The van der Waals surface area contributed by atoms with Crippen molar-refractivity contribution in [2.45, 2.75) is 6.42 Å². The van der Waals surface area contributed by atoms with Crippen LogP contribution < -0.4 is 5.32 Å². The van der Waals surface area contributed by atoms with Crippen molar-refractivity contribution in [3.8, 4) is 0 Å². The number of aromatic nitrogens is 2. The molecule has 0 saturated heterocycles. The van der Waals surface area contributed by atoms with Crippen molar-refractivity contribution >= 4 is 18.3 Å². The van der Waals surface area contributed by atoms with Gasteiger partial charge in [0.25, 0.3) is 5.91 Å². The van der Waals surface area contributed by atoms with Gasteiger partial charge in [0.15, 0.2) is 0 Å². The van der Waals surface area contributed by atoms with Gasteiger partial charge >= 0.3 is 0 Å². The molecule has 0 spiro atoms. The number of hydrogen-bond acceptors (Lipinski definition) is 2. The molecule has 4 nitrogen and oxygen atoms in total. The second-order valence-corrected chi connectivity index (χ2v) is 3.46. The molecule has 2 rings (SSSR count). The number of nitrogens with zero attached hydrogens (tertiary/aromatic N) is 1. The minimum absolute atomic E-state index is 0. The Kier molecular flexibility index (Phi) is 5.23. The molecule has 0 atom stereocenters. The van der Waals surface area contributed by atoms with E-state index in [1.165, 1.54) is 5.56 Å². The number of nitrogens with one attached hydrogen (secondary N) is 2. The van der Waals surface area contributed by atoms with E-state index in [1.54, 1.807) is 24.5 Å². The summed E-state index contributed by atoms with van der Waals surface area (Å²) in [7, 11) is 0. The summed E-state index contributed by atoms with van der Waals surface area (Å²) in [5.74, 6) is -0.0575. The van der Waals surface area contributed by atoms with Crippen LogP contribution in [0.5, 0.6) is 0 Å². The van der Waals surface area contributed by atoms with Crippen LogP contribution in [-0.2, 0) is 6.42 Å². The van der Waals surface area contributed by atoms with Crippen LogP contribution in [0.1, 0.15) is 15.9 Å². The predicted molar refractivity (Wildman–Crippen MR) is 68.3 cm³/mol. The molecule has 2 heterocycles. The number of amides is 1. The first-order chi connectivity index (χ1) is 7.86. The molecule has 17 heavy (non-hydrogen) atoms. The third kappa shape index (κ3) is 3.92. The number of halogens is 1. The van der Waals surface area contributed by atoms with E-state index >= 15 is 0 Å². The van der Waals surface area contributed by atoms with Crippen LogP contribution in [0.3, 0.4) is 0 Å². The lowest BCUT2D eigenvalue weighted by Crippen LogP contribution is -2.25. The fourth-order valence-electron chi connectivity index (χ4n) is 1.44. The largest absolute Gasteiger partial charge is 0.367 e. The molecule has 2 aromatic rings. The van der Waals surface area contributed by atoms with Crippen LogP contribution in [-0.4, -0.2) is 22.4 Å². The Morgan fingerprint density at radius 2 is 2.06 bits per heavy atom. The lowest BCUT2D eigenvalue weighted by molar-refractivity contribution is 0.0954. The van der Waals surface area contributed by atoms with Crippen LogP contribution in [0, 0.1) is 0 Å². The van der Waals surface area contributed by atoms with Crippen molar-refractivity contribution in [3.05, 3.63) is 54.1 Å². The van der Waals surface area contributed by atoms with Gasteiger partial charge in [0.1, 0.15) is 0 Å². The zero-order valence-electron chi connectivity index (χ0n) is 9.22. The van der Waals surface area contributed by atoms with Gasteiger partial charge in [-0.2, -0.15) is 0 Å². The van der Waals surface area contributed by atoms with E-state index < -0.39 is 0 Å². The zero-order chi connectivity index (χ0) is 11.2. The second kappa shape index (κ2) is 6.70. The topological polar surface area (TPSA) is 57.8 Å². The zero-order valence-corrected chi connectivity index (χ0v) is 10.0. The third-order valence-corrected chi connectivity index (χ3v) is 2.30. The highest BCUT2D eigenvalue weighted by Gasteiger charge is 2.03. The summed E-state index contributed by atoms with van der Waals surface area (Å²) in [5.41, 5.74) is 1.83. The predicted octanol–water partition coefficient (Wildman–Crippen LogP) is 1.80. The van der Waals surface area contributed by atoms with Gasteiger partial charge in [0, 0.05) is 36.9 Å². The fraction of sp³-hybridized carbons (Fsp3) is 0.167. The SMILES string of the molecule is Cl.O=C(NCCc1cc[nH]c1)c1ccncc1. The molecule has 1 amide bonds. The summed E-state index contributed by atoms with van der Waals surface area (Å²) in [4.78, 5) is 18.5. The molecule has 0 aromatic carbocycles. The first-order valence-corrected chi connectivity index (χ1v) is 5.16. The van der Waals surface area contributed by atoms with Crippen molar-refractivity contribution in [1.82, 2.24) is 15.3 Å². The van der Waals surface area contributed by atoms with Crippen LogP contribution >= 0.6 is 12.4 Å². The molecule has 2 N–H and O–H groups in total. The van der Waals surface area contributed by atoms with Gasteiger partial charge in [-0.3, -0.25) is 9.78 Å². The fourth-order valence-corrected chi connectivity index (χ4v) is 1.44. The molecule has 0 aliphatic rings. The second-order valence-electron chi connectivity index (χ2n) is 3.46. The van der Waals surface area contributed by atoms with Gasteiger partial charge in [0.05, 0.1) is 0 Å². The Bertz CT molecular complexity index is 442. The third-order valence-electron chi connectivity index (χ3n) is 2.30. The van der Waals surface area contributed by atoms with Crippen LogP contribution in [0.2, 0.25) is 0 Å². The minimum Gasteiger partial charge on any atom is -0.367 e. The molecule has 90 valence electrons. The van der Waals surface area contributed by atoms with E-state index in [4.69, 9.17) is 0 Å². The Hall–Kier alpha value is -1.81. The molecule has 0 radical (unpaired) electrons. The highest BCUT2D eigenvalue weighted by Crippen LogP contribution is 1.98. The maximum absolute atomic E-state index is 11.6. The highest BCUT2D eigenvalue weighted by atomic mass is 35.5. The number of carbonyl (C=O) groups is 1. The summed E-state index contributed by atoms with van der Waals surface area (Å²) in [6.07, 6.45) is 7.86. The maximum Gasteiger partial charge on any atom is 0.251 e. The number of pyridine rings is 1. The number of H-pyrrole nitrogens is 1. The first kappa shape index (κ1) is 13.3. The van der Waals surface area contributed by atoms with Gasteiger partial charge in [-0.1, -0.05) is 0 Å². The summed E-state index contributed by atoms with van der Waals surface area (Å²) in [6, 6.07) is 5.40. The molecular weight excluding hydrogens is 238 g/mol. The van der Waals surface area contributed by atoms with Gasteiger partial charge in [-0.05, 0) is 30.2 Å². The summed E-state index contributed by atoms with van der Waals surface area (Å²) in [5, 5.41) is 2.86. The smallest absolute Gasteiger partial charge is 0.251 e. The van der Waals surface area contributed by atoms with Gasteiger partial charge in [0.2, 0.25) is 0 Å². The van der Waals surface area contributed by atoms with Crippen molar-refractivity contribution in [1.29, 1.82) is 0 Å². The Balaban J connectivity index is 0.00000144. The highest BCUT2D eigenvalue weighted by molar-refractivity contribution is 5.93. The van der Waals surface area contributed by atoms with Gasteiger partial charge < -0.3 is 10.3 Å². The van der Waals surface area contributed by atoms with Gasteiger partial charge in [-0.25, -0.2) is 0 Å². The molecule has 2 aromatic heterocycles. The van der Waals surface area contributed by atoms with Crippen molar-refractivity contribution in [2.24, 2.45) is 0 Å². The molecule has 5 heteroatoms. The minimum atomic E-state index is -0.0575. The lowest BCUT2D eigenvalue weighted by atomic mass is 10.2. The normalized spacial score (nSPS) is 9.41. The lowest BCUT2D eigenvalue weighted by Gasteiger charge is -2.03. The Labute approximate surface area is 106 Å². The molecule has 0 bridgehead atoms. The molecular formula is C12H14ClN3O. The van der Waals surface area contributed by atoms with Crippen LogP contribution in [0.15, 0.2) is 43.0 Å². The molecule has 0 fully saturated rings. The van der Waals surface area contributed by atoms with E-state index in [9.17, 15) is 4.79 Å². The monoisotopic (exact) mass is 251 g/mol. The van der Waals surface area contributed by atoms with Crippen LogP contribution in [0.4, 0.5) is 0 Å². The first-order valence-electron chi connectivity index (χ1n) is 5.16. The van der Waals surface area contributed by atoms with E-state index in [0.717, 1.165) is 6.42 Å². The maximum atomic E-state index is 11.6. The molecule has 0 saturated carbocycles. The Morgan fingerprint density at radius 3 is 2.71 bits per heavy atom. The van der Waals surface area contributed by atoms with Crippen molar-refractivity contribution in [2.75, 3.05) is 6.54 Å². The van der Waals surface area contributed by atoms with E-state index in [-0.39, 0.29) is 18.3 Å². The molecule has 0 aliphatic heterocycles. The average molecular weight is 252 g/mol. The molecule has 0 aliphatic carbocycles. The quantitative estimate of drug-likeness (QED) is 0.871. The summed E-state index contributed by atoms with van der Waals surface area (Å²) in [6.45, 7) is 0.638. The summed E-state index contributed by atoms with van der Waals surface area (Å²) >= 11 is 0.